The van der Waals surface area contributed by atoms with Crippen molar-refractivity contribution in [1.29, 1.82) is 0 Å². The number of β-amino-alcohol motifs (C(OH)–C–C–N with tert-alkyl or cyclic N) is 1. The van der Waals surface area contributed by atoms with Gasteiger partial charge in [0, 0.05) is 26.2 Å². The second kappa shape index (κ2) is 5.38. The Morgan fingerprint density at radius 3 is 2.76 bits per heavy atom. The number of nitrogens with zero attached hydrogens (tertiary/aromatic N) is 3. The van der Waals surface area contributed by atoms with Crippen LogP contribution in [-0.2, 0) is 19.5 Å². The molecule has 0 aromatic carbocycles. The molecule has 1 atom stereocenters. The lowest BCUT2D eigenvalue weighted by molar-refractivity contribution is 0.174. The van der Waals surface area contributed by atoms with Crippen LogP contribution in [0.15, 0.2) is 0 Å². The predicted octanol–water partition coefficient (Wildman–Crippen LogP) is 1.69. The summed E-state index contributed by atoms with van der Waals surface area (Å²) >= 11 is 6.35. The van der Waals surface area contributed by atoms with Crippen LogP contribution in [0.3, 0.4) is 0 Å². The topological polar surface area (TPSA) is 41.3 Å². The summed E-state index contributed by atoms with van der Waals surface area (Å²) in [6, 6.07) is 0. The minimum atomic E-state index is -0.183. The molecule has 0 bridgehead atoms. The highest BCUT2D eigenvalue weighted by Crippen LogP contribution is 2.24. The summed E-state index contributed by atoms with van der Waals surface area (Å²) in [6.45, 7) is 7.45. The molecule has 17 heavy (non-hydrogen) atoms. The van der Waals surface area contributed by atoms with E-state index in [0.717, 1.165) is 55.4 Å². The van der Waals surface area contributed by atoms with Crippen molar-refractivity contribution >= 4 is 11.6 Å². The molecule has 1 saturated heterocycles. The lowest BCUT2D eigenvalue weighted by atomic mass is 10.3. The van der Waals surface area contributed by atoms with Crippen molar-refractivity contribution in [2.45, 2.75) is 45.9 Å². The van der Waals surface area contributed by atoms with Crippen LogP contribution in [-0.4, -0.2) is 39.0 Å². The zero-order valence-electron chi connectivity index (χ0n) is 10.5. The van der Waals surface area contributed by atoms with E-state index < -0.39 is 0 Å². The normalized spacial score (nSPS) is 21.3. The molecule has 1 aromatic heterocycles. The SMILES string of the molecule is CCc1nn(CC)c(CN2CC[C@@H](O)C2)c1Cl. The summed E-state index contributed by atoms with van der Waals surface area (Å²) in [5.74, 6) is 0. The monoisotopic (exact) mass is 257 g/mol. The molecule has 0 spiro atoms. The van der Waals surface area contributed by atoms with Crippen LogP contribution in [0.5, 0.6) is 0 Å². The smallest absolute Gasteiger partial charge is 0.0863 e. The third kappa shape index (κ3) is 2.64. The van der Waals surface area contributed by atoms with Gasteiger partial charge in [-0.2, -0.15) is 5.10 Å². The van der Waals surface area contributed by atoms with Crippen LogP contribution in [0.1, 0.15) is 31.7 Å². The van der Waals surface area contributed by atoms with Crippen LogP contribution in [0.4, 0.5) is 0 Å². The number of aromatic nitrogens is 2. The fourth-order valence-corrected chi connectivity index (χ4v) is 2.66. The number of aliphatic hydroxyl groups is 1. The first-order valence-electron chi connectivity index (χ1n) is 6.30. The van der Waals surface area contributed by atoms with Crippen molar-refractivity contribution in [2.75, 3.05) is 13.1 Å². The van der Waals surface area contributed by atoms with Crippen LogP contribution in [0.25, 0.3) is 0 Å². The highest BCUT2D eigenvalue weighted by atomic mass is 35.5. The lowest BCUT2D eigenvalue weighted by Gasteiger charge is -2.15. The van der Waals surface area contributed by atoms with E-state index in [-0.39, 0.29) is 6.10 Å². The maximum Gasteiger partial charge on any atom is 0.0863 e. The van der Waals surface area contributed by atoms with E-state index in [9.17, 15) is 5.11 Å². The van der Waals surface area contributed by atoms with E-state index in [1.54, 1.807) is 0 Å². The van der Waals surface area contributed by atoms with Crippen molar-refractivity contribution < 1.29 is 5.11 Å². The van der Waals surface area contributed by atoms with Crippen molar-refractivity contribution in [3.05, 3.63) is 16.4 Å². The van der Waals surface area contributed by atoms with Crippen LogP contribution in [0, 0.1) is 0 Å². The largest absolute Gasteiger partial charge is 0.392 e. The van der Waals surface area contributed by atoms with Gasteiger partial charge in [-0.05, 0) is 19.8 Å². The molecule has 0 unspecified atom stereocenters. The summed E-state index contributed by atoms with van der Waals surface area (Å²) in [5.41, 5.74) is 2.06. The molecule has 2 rings (SSSR count). The van der Waals surface area contributed by atoms with E-state index in [4.69, 9.17) is 11.6 Å². The first-order valence-corrected chi connectivity index (χ1v) is 6.68. The molecule has 1 aliphatic heterocycles. The number of hydrogen-bond acceptors (Lipinski definition) is 3. The minimum absolute atomic E-state index is 0.183. The first-order chi connectivity index (χ1) is 8.15. The van der Waals surface area contributed by atoms with Crippen molar-refractivity contribution in [1.82, 2.24) is 14.7 Å². The maximum absolute atomic E-state index is 9.53. The molecule has 1 N–H and O–H groups in total. The van der Waals surface area contributed by atoms with Crippen molar-refractivity contribution in [3.63, 3.8) is 0 Å². The van der Waals surface area contributed by atoms with Gasteiger partial charge in [0.2, 0.25) is 0 Å². The Balaban J connectivity index is 2.16. The highest BCUT2D eigenvalue weighted by Gasteiger charge is 2.23. The average molecular weight is 258 g/mol. The quantitative estimate of drug-likeness (QED) is 0.893. The highest BCUT2D eigenvalue weighted by molar-refractivity contribution is 6.31. The van der Waals surface area contributed by atoms with Gasteiger partial charge >= 0.3 is 0 Å². The van der Waals surface area contributed by atoms with Crippen LogP contribution >= 0.6 is 11.6 Å². The number of rotatable bonds is 4. The maximum atomic E-state index is 9.53. The Morgan fingerprint density at radius 1 is 1.47 bits per heavy atom. The van der Waals surface area contributed by atoms with Gasteiger partial charge in [0.25, 0.3) is 0 Å². The van der Waals surface area contributed by atoms with Gasteiger partial charge in [0.05, 0.1) is 22.5 Å². The van der Waals surface area contributed by atoms with E-state index in [1.807, 2.05) is 4.68 Å². The first kappa shape index (κ1) is 12.9. The summed E-state index contributed by atoms with van der Waals surface area (Å²) in [4.78, 5) is 2.24. The molecular formula is C12H20ClN3O. The average Bonchev–Trinajstić information content (AvgIpc) is 2.85. The van der Waals surface area contributed by atoms with Crippen molar-refractivity contribution in [3.8, 4) is 0 Å². The standard InChI is InChI=1S/C12H20ClN3O/c1-3-10-12(13)11(16(4-2)14-10)8-15-6-5-9(17)7-15/h9,17H,3-8H2,1-2H3/t9-/m1/s1. The fraction of sp³-hybridized carbons (Fsp3) is 0.750. The summed E-state index contributed by atoms with van der Waals surface area (Å²) < 4.78 is 1.98. The van der Waals surface area contributed by atoms with Gasteiger partial charge in [0.1, 0.15) is 0 Å². The Morgan fingerprint density at radius 2 is 2.24 bits per heavy atom. The van der Waals surface area contributed by atoms with Gasteiger partial charge in [-0.25, -0.2) is 0 Å². The van der Waals surface area contributed by atoms with E-state index in [2.05, 4.69) is 23.8 Å². The molecule has 5 heteroatoms. The molecule has 0 amide bonds. The second-order valence-corrected chi connectivity index (χ2v) is 4.93. The fourth-order valence-electron chi connectivity index (χ4n) is 2.34. The molecule has 0 saturated carbocycles. The minimum Gasteiger partial charge on any atom is -0.392 e. The Labute approximate surface area is 107 Å². The lowest BCUT2D eigenvalue weighted by Crippen LogP contribution is -2.23. The zero-order chi connectivity index (χ0) is 12.4. The predicted molar refractivity (Wildman–Crippen MR) is 68.2 cm³/mol. The molecular weight excluding hydrogens is 238 g/mol. The van der Waals surface area contributed by atoms with Crippen LogP contribution < -0.4 is 0 Å². The molecule has 4 nitrogen and oxygen atoms in total. The van der Waals surface area contributed by atoms with Gasteiger partial charge in [0.15, 0.2) is 0 Å². The van der Waals surface area contributed by atoms with Gasteiger partial charge in [-0.3, -0.25) is 9.58 Å². The molecule has 1 aromatic rings. The van der Waals surface area contributed by atoms with E-state index >= 15 is 0 Å². The zero-order valence-corrected chi connectivity index (χ0v) is 11.2. The molecule has 1 fully saturated rings. The molecule has 96 valence electrons. The Hall–Kier alpha value is -0.580. The molecule has 1 aliphatic rings. The van der Waals surface area contributed by atoms with E-state index in [1.165, 1.54) is 0 Å². The Bertz CT molecular complexity index is 391. The molecule has 0 radical (unpaired) electrons. The van der Waals surface area contributed by atoms with E-state index in [0.29, 0.717) is 0 Å². The summed E-state index contributed by atoms with van der Waals surface area (Å²) in [6.07, 6.45) is 1.54. The number of likely N-dealkylation sites (tertiary alicyclic amines) is 1. The number of hydrogen-bond donors (Lipinski definition) is 1. The van der Waals surface area contributed by atoms with Crippen molar-refractivity contribution in [2.24, 2.45) is 0 Å². The summed E-state index contributed by atoms with van der Waals surface area (Å²) in [5, 5.41) is 14.8. The van der Waals surface area contributed by atoms with Crippen LogP contribution in [0.2, 0.25) is 5.02 Å². The van der Waals surface area contributed by atoms with Gasteiger partial charge in [-0.1, -0.05) is 18.5 Å². The summed E-state index contributed by atoms with van der Waals surface area (Å²) in [7, 11) is 0. The number of aryl methyl sites for hydroxylation is 2. The number of aliphatic hydroxyl groups excluding tert-OH is 1. The number of halogens is 1. The Kier molecular flexibility index (Phi) is 4.07. The molecule has 0 aliphatic carbocycles. The van der Waals surface area contributed by atoms with Gasteiger partial charge < -0.3 is 5.11 Å². The second-order valence-electron chi connectivity index (χ2n) is 4.55. The molecule has 2 heterocycles. The third-order valence-corrected chi connectivity index (χ3v) is 3.75. The third-order valence-electron chi connectivity index (χ3n) is 3.32. The van der Waals surface area contributed by atoms with Gasteiger partial charge in [-0.15, -0.1) is 0 Å².